The van der Waals surface area contributed by atoms with E-state index in [1.165, 1.54) is 0 Å². The number of piperidine rings is 1. The summed E-state index contributed by atoms with van der Waals surface area (Å²) < 4.78 is 71.2. The van der Waals surface area contributed by atoms with Crippen molar-refractivity contribution in [1.29, 1.82) is 0 Å². The van der Waals surface area contributed by atoms with Gasteiger partial charge in [0.25, 0.3) is 0 Å². The van der Waals surface area contributed by atoms with E-state index in [4.69, 9.17) is 14.2 Å². The van der Waals surface area contributed by atoms with Crippen LogP contribution in [0.3, 0.4) is 0 Å². The lowest BCUT2D eigenvalue weighted by Crippen LogP contribution is -2.37. The Morgan fingerprint density at radius 2 is 1.72 bits per heavy atom. The summed E-state index contributed by atoms with van der Waals surface area (Å²) in [5, 5.41) is 0. The molecule has 0 spiro atoms. The molecular formula is C28H29F4N3O4. The summed E-state index contributed by atoms with van der Waals surface area (Å²) in [5.41, 5.74) is -0.330. The van der Waals surface area contributed by atoms with Crippen molar-refractivity contribution in [3.63, 3.8) is 0 Å². The molecule has 39 heavy (non-hydrogen) atoms. The van der Waals surface area contributed by atoms with Gasteiger partial charge >= 0.3 is 6.18 Å². The molecule has 0 atom stereocenters. The van der Waals surface area contributed by atoms with Crippen molar-refractivity contribution in [2.45, 2.75) is 31.5 Å². The van der Waals surface area contributed by atoms with Crippen molar-refractivity contribution in [2.75, 3.05) is 34.4 Å². The number of methoxy groups -OCH3 is 3. The van der Waals surface area contributed by atoms with Gasteiger partial charge in [-0.15, -0.1) is 0 Å². The smallest absolute Gasteiger partial charge is 0.416 e. The molecule has 0 bridgehead atoms. The van der Waals surface area contributed by atoms with E-state index >= 15 is 0 Å². The molecule has 3 aromatic rings. The molecule has 1 aromatic heterocycles. The first kappa shape index (κ1) is 28.0. The minimum atomic E-state index is -4.60. The van der Waals surface area contributed by atoms with Gasteiger partial charge < -0.3 is 23.7 Å². The van der Waals surface area contributed by atoms with E-state index in [0.717, 1.165) is 29.6 Å². The second kappa shape index (κ2) is 11.8. The Bertz CT molecular complexity index is 1320. The predicted octanol–water partition coefficient (Wildman–Crippen LogP) is 5.53. The van der Waals surface area contributed by atoms with Gasteiger partial charge in [-0.05, 0) is 54.8 Å². The fourth-order valence-corrected chi connectivity index (χ4v) is 4.71. The number of alkyl halides is 3. The van der Waals surface area contributed by atoms with Crippen LogP contribution in [0.25, 0.3) is 6.08 Å². The Labute approximate surface area is 223 Å². The van der Waals surface area contributed by atoms with Crippen molar-refractivity contribution in [1.82, 2.24) is 14.5 Å². The van der Waals surface area contributed by atoms with E-state index < -0.39 is 17.6 Å². The minimum Gasteiger partial charge on any atom is -0.493 e. The van der Waals surface area contributed by atoms with Crippen LogP contribution in [0.2, 0.25) is 0 Å². The summed E-state index contributed by atoms with van der Waals surface area (Å²) in [6.45, 7) is 1.41. The van der Waals surface area contributed by atoms with E-state index in [0.29, 0.717) is 61.9 Å². The number of carbonyl (C=O) groups is 1. The Morgan fingerprint density at radius 3 is 2.31 bits per heavy atom. The zero-order valence-corrected chi connectivity index (χ0v) is 21.8. The number of nitrogens with zero attached hydrogens (tertiary/aromatic N) is 3. The predicted molar refractivity (Wildman–Crippen MR) is 136 cm³/mol. The van der Waals surface area contributed by atoms with E-state index in [1.54, 1.807) is 32.4 Å². The summed E-state index contributed by atoms with van der Waals surface area (Å²) in [4.78, 5) is 18.8. The lowest BCUT2D eigenvalue weighted by Gasteiger charge is -2.31. The quantitative estimate of drug-likeness (QED) is 0.274. The topological polar surface area (TPSA) is 65.8 Å². The number of benzene rings is 2. The fraction of sp³-hybridized carbons (Fsp3) is 0.357. The van der Waals surface area contributed by atoms with Crippen molar-refractivity contribution in [2.24, 2.45) is 0 Å². The van der Waals surface area contributed by atoms with Crippen molar-refractivity contribution in [3.8, 4) is 17.2 Å². The highest BCUT2D eigenvalue weighted by molar-refractivity contribution is 5.91. The molecule has 2 aromatic carbocycles. The zero-order chi connectivity index (χ0) is 28.2. The summed E-state index contributed by atoms with van der Waals surface area (Å²) in [5.74, 6) is 1.40. The van der Waals surface area contributed by atoms with Gasteiger partial charge in [0.2, 0.25) is 11.7 Å². The number of aromatic nitrogens is 2. The molecule has 208 valence electrons. The SMILES string of the molecule is COc1cc(Cn2ccnc2C2CCN(C(=O)C=Cc3cc(C(F)(F)F)ccc3F)CC2)cc(OC)c1OC. The number of ether oxygens (including phenoxy) is 3. The minimum absolute atomic E-state index is 0.107. The van der Waals surface area contributed by atoms with E-state index in [1.807, 2.05) is 22.9 Å². The molecule has 0 aliphatic carbocycles. The van der Waals surface area contributed by atoms with Crippen LogP contribution in [0.5, 0.6) is 17.2 Å². The fourth-order valence-electron chi connectivity index (χ4n) is 4.71. The first-order valence-corrected chi connectivity index (χ1v) is 12.3. The number of rotatable bonds is 8. The molecule has 0 saturated carbocycles. The van der Waals surface area contributed by atoms with Crippen LogP contribution in [0.15, 0.2) is 48.8 Å². The molecule has 7 nitrogen and oxygen atoms in total. The second-order valence-electron chi connectivity index (χ2n) is 9.11. The number of hydrogen-bond acceptors (Lipinski definition) is 5. The van der Waals surface area contributed by atoms with Crippen LogP contribution >= 0.6 is 0 Å². The Morgan fingerprint density at radius 1 is 1.05 bits per heavy atom. The monoisotopic (exact) mass is 547 g/mol. The molecule has 4 rings (SSSR count). The third-order valence-electron chi connectivity index (χ3n) is 6.73. The third-order valence-corrected chi connectivity index (χ3v) is 6.73. The summed E-state index contributed by atoms with van der Waals surface area (Å²) in [7, 11) is 4.67. The van der Waals surface area contributed by atoms with Crippen LogP contribution in [-0.2, 0) is 17.5 Å². The second-order valence-corrected chi connectivity index (χ2v) is 9.11. The maximum Gasteiger partial charge on any atom is 0.416 e. The number of hydrogen-bond donors (Lipinski definition) is 0. The standard InChI is InChI=1S/C28H29F4N3O4/c1-37-23-14-18(15-24(38-2)26(23)39-3)17-35-13-10-33-27(35)19-8-11-34(12-9-19)25(36)7-4-20-16-21(28(30,31)32)5-6-22(20)29/h4-7,10,13-16,19H,8-9,11-12,17H2,1-3H3. The molecule has 0 unspecified atom stereocenters. The number of amides is 1. The molecule has 1 amide bonds. The largest absolute Gasteiger partial charge is 0.493 e. The Balaban J connectivity index is 1.41. The summed E-state index contributed by atoms with van der Waals surface area (Å²) in [6.07, 6.45) is 2.54. The van der Waals surface area contributed by atoms with Crippen molar-refractivity contribution in [3.05, 3.63) is 77.1 Å². The highest BCUT2D eigenvalue weighted by Gasteiger charge is 2.31. The van der Waals surface area contributed by atoms with Gasteiger partial charge in [0, 0.05) is 49.6 Å². The Kier molecular flexibility index (Phi) is 8.47. The van der Waals surface area contributed by atoms with Gasteiger partial charge in [0.05, 0.1) is 26.9 Å². The highest BCUT2D eigenvalue weighted by atomic mass is 19.4. The first-order chi connectivity index (χ1) is 18.6. The lowest BCUT2D eigenvalue weighted by atomic mass is 9.95. The molecule has 1 fully saturated rings. The highest BCUT2D eigenvalue weighted by Crippen LogP contribution is 2.39. The number of carbonyl (C=O) groups excluding carboxylic acids is 1. The Hall–Kier alpha value is -4.02. The van der Waals surface area contributed by atoms with Crippen molar-refractivity contribution >= 4 is 12.0 Å². The summed E-state index contributed by atoms with van der Waals surface area (Å²) >= 11 is 0. The van der Waals surface area contributed by atoms with E-state index in [2.05, 4.69) is 4.98 Å². The molecule has 1 saturated heterocycles. The first-order valence-electron chi connectivity index (χ1n) is 12.3. The molecule has 1 aliphatic heterocycles. The molecule has 11 heteroatoms. The van der Waals surface area contributed by atoms with Crippen molar-refractivity contribution < 1.29 is 36.6 Å². The number of likely N-dealkylation sites (tertiary alicyclic amines) is 1. The zero-order valence-electron chi connectivity index (χ0n) is 21.8. The van der Waals surface area contributed by atoms with Gasteiger partial charge in [-0.3, -0.25) is 4.79 Å². The maximum atomic E-state index is 14.0. The molecular weight excluding hydrogens is 518 g/mol. The third kappa shape index (κ3) is 6.35. The number of halogens is 4. The number of imidazole rings is 1. The van der Waals surface area contributed by atoms with Gasteiger partial charge in [-0.2, -0.15) is 13.2 Å². The van der Waals surface area contributed by atoms with Gasteiger partial charge in [-0.1, -0.05) is 0 Å². The van der Waals surface area contributed by atoms with E-state index in [-0.39, 0.29) is 17.4 Å². The molecule has 0 N–H and O–H groups in total. The van der Waals surface area contributed by atoms with Crippen LogP contribution in [0.1, 0.15) is 41.3 Å². The van der Waals surface area contributed by atoms with Crippen LogP contribution in [-0.4, -0.2) is 54.8 Å². The van der Waals surface area contributed by atoms with Gasteiger partial charge in [-0.25, -0.2) is 9.37 Å². The lowest BCUT2D eigenvalue weighted by molar-refractivity contribution is -0.137. The average Bonchev–Trinajstić information content (AvgIpc) is 3.39. The van der Waals surface area contributed by atoms with Gasteiger partial charge in [0.15, 0.2) is 11.5 Å². The molecule has 1 aliphatic rings. The van der Waals surface area contributed by atoms with Gasteiger partial charge in [0.1, 0.15) is 11.6 Å². The maximum absolute atomic E-state index is 14.0. The van der Waals surface area contributed by atoms with Crippen LogP contribution in [0, 0.1) is 5.82 Å². The van der Waals surface area contributed by atoms with E-state index in [9.17, 15) is 22.4 Å². The molecule has 2 heterocycles. The van der Waals surface area contributed by atoms with Crippen LogP contribution in [0.4, 0.5) is 17.6 Å². The molecule has 0 radical (unpaired) electrons. The normalized spacial score (nSPS) is 14.6. The summed E-state index contributed by atoms with van der Waals surface area (Å²) in [6, 6.07) is 5.88. The van der Waals surface area contributed by atoms with Crippen LogP contribution < -0.4 is 14.2 Å². The average molecular weight is 548 g/mol.